The third-order valence-corrected chi connectivity index (χ3v) is 4.07. The summed E-state index contributed by atoms with van der Waals surface area (Å²) in [5.41, 5.74) is 8.57. The van der Waals surface area contributed by atoms with Crippen molar-refractivity contribution in [3.8, 4) is 11.5 Å². The molecule has 3 heterocycles. The molecule has 1 unspecified atom stereocenters. The van der Waals surface area contributed by atoms with E-state index < -0.39 is 0 Å². The first-order chi connectivity index (χ1) is 11.2. The summed E-state index contributed by atoms with van der Waals surface area (Å²) in [5, 5.41) is 6.46. The number of pyridine rings is 1. The molecule has 0 aliphatic carbocycles. The van der Waals surface area contributed by atoms with Crippen LogP contribution in [0.5, 0.6) is 11.5 Å². The van der Waals surface area contributed by atoms with Crippen LogP contribution in [-0.4, -0.2) is 27.6 Å². The van der Waals surface area contributed by atoms with Gasteiger partial charge >= 0.3 is 0 Å². The van der Waals surface area contributed by atoms with Crippen LogP contribution >= 0.6 is 12.2 Å². The summed E-state index contributed by atoms with van der Waals surface area (Å²) in [7, 11) is 0. The summed E-state index contributed by atoms with van der Waals surface area (Å²) in [6.45, 7) is 0.248. The Balaban J connectivity index is 1.68. The van der Waals surface area contributed by atoms with E-state index in [1.54, 1.807) is 11.2 Å². The van der Waals surface area contributed by atoms with E-state index in [4.69, 9.17) is 27.4 Å². The van der Waals surface area contributed by atoms with Gasteiger partial charge in [0.2, 0.25) is 6.79 Å². The van der Waals surface area contributed by atoms with Crippen LogP contribution in [0.4, 0.5) is 0 Å². The molecule has 23 heavy (non-hydrogen) atoms. The molecule has 0 amide bonds. The van der Waals surface area contributed by atoms with Crippen LogP contribution in [0.1, 0.15) is 23.7 Å². The highest BCUT2D eigenvalue weighted by molar-refractivity contribution is 7.80. The molecule has 1 aromatic heterocycles. The Bertz CT molecular complexity index is 794. The van der Waals surface area contributed by atoms with Gasteiger partial charge in [-0.3, -0.25) is 4.98 Å². The monoisotopic (exact) mass is 326 g/mol. The molecule has 6 nitrogen and oxygen atoms in total. The van der Waals surface area contributed by atoms with Gasteiger partial charge in [-0.05, 0) is 42.0 Å². The summed E-state index contributed by atoms with van der Waals surface area (Å²) in [5.74, 6) is 1.48. The van der Waals surface area contributed by atoms with Crippen LogP contribution in [0.15, 0.2) is 47.7 Å². The topological polar surface area (TPSA) is 73.0 Å². The average molecular weight is 326 g/mol. The number of ether oxygens (including phenoxy) is 2. The van der Waals surface area contributed by atoms with Crippen LogP contribution in [0.2, 0.25) is 0 Å². The Labute approximate surface area is 138 Å². The second-order valence-electron chi connectivity index (χ2n) is 5.28. The molecule has 2 aliphatic rings. The predicted octanol–water partition coefficient (Wildman–Crippen LogP) is 2.21. The smallest absolute Gasteiger partial charge is 0.231 e. The van der Waals surface area contributed by atoms with Crippen LogP contribution in [-0.2, 0) is 0 Å². The van der Waals surface area contributed by atoms with Gasteiger partial charge in [0.1, 0.15) is 0 Å². The Morgan fingerprint density at radius 3 is 2.87 bits per heavy atom. The van der Waals surface area contributed by atoms with Gasteiger partial charge in [-0.2, -0.15) is 5.10 Å². The van der Waals surface area contributed by atoms with Crippen LogP contribution in [0.25, 0.3) is 0 Å². The van der Waals surface area contributed by atoms with Crippen molar-refractivity contribution in [2.75, 3.05) is 6.79 Å². The lowest BCUT2D eigenvalue weighted by Crippen LogP contribution is -2.31. The van der Waals surface area contributed by atoms with Crippen molar-refractivity contribution in [2.45, 2.75) is 12.5 Å². The molecule has 0 bridgehead atoms. The van der Waals surface area contributed by atoms with E-state index in [2.05, 4.69) is 10.1 Å². The van der Waals surface area contributed by atoms with Crippen LogP contribution in [0.3, 0.4) is 0 Å². The summed E-state index contributed by atoms with van der Waals surface area (Å²) in [4.78, 5) is 4.35. The highest BCUT2D eigenvalue weighted by atomic mass is 32.1. The van der Waals surface area contributed by atoms with Gasteiger partial charge in [0.05, 0.1) is 17.4 Å². The summed E-state index contributed by atoms with van der Waals surface area (Å²) < 4.78 is 10.8. The maximum Gasteiger partial charge on any atom is 0.231 e. The number of fused-ring (bicyclic) bond motifs is 1. The van der Waals surface area contributed by atoms with E-state index in [1.807, 2.05) is 36.4 Å². The molecule has 2 aliphatic heterocycles. The van der Waals surface area contributed by atoms with E-state index in [1.165, 1.54) is 0 Å². The molecule has 7 heteroatoms. The average Bonchev–Trinajstić information content (AvgIpc) is 3.22. The predicted molar refractivity (Wildman–Crippen MR) is 89.3 cm³/mol. The zero-order valence-electron chi connectivity index (χ0n) is 12.2. The number of nitrogens with zero attached hydrogens (tertiary/aromatic N) is 3. The minimum Gasteiger partial charge on any atom is -0.454 e. The second-order valence-corrected chi connectivity index (χ2v) is 5.70. The molecular weight excluding hydrogens is 312 g/mol. The van der Waals surface area contributed by atoms with Crippen molar-refractivity contribution in [2.24, 2.45) is 10.8 Å². The van der Waals surface area contributed by atoms with Crippen molar-refractivity contribution < 1.29 is 9.47 Å². The molecule has 0 saturated heterocycles. The maximum absolute atomic E-state index is 5.85. The SMILES string of the molecule is NC(=S)N1N=C(c2ccccn2)CC1c1ccc2c(c1)OCO2. The number of hydrogen-bond donors (Lipinski definition) is 1. The largest absolute Gasteiger partial charge is 0.454 e. The van der Waals surface area contributed by atoms with Gasteiger partial charge in [-0.1, -0.05) is 12.1 Å². The fourth-order valence-electron chi connectivity index (χ4n) is 2.78. The molecule has 0 fully saturated rings. The molecule has 0 saturated carbocycles. The van der Waals surface area contributed by atoms with Gasteiger partial charge < -0.3 is 15.2 Å². The van der Waals surface area contributed by atoms with Crippen molar-refractivity contribution in [1.29, 1.82) is 0 Å². The minimum absolute atomic E-state index is 0.0704. The third-order valence-electron chi connectivity index (χ3n) is 3.88. The van der Waals surface area contributed by atoms with Crippen LogP contribution < -0.4 is 15.2 Å². The van der Waals surface area contributed by atoms with Crippen molar-refractivity contribution in [1.82, 2.24) is 9.99 Å². The Kier molecular flexibility index (Phi) is 3.34. The molecule has 1 aromatic carbocycles. The van der Waals surface area contributed by atoms with Crippen LogP contribution in [0, 0.1) is 0 Å². The molecule has 1 atom stereocenters. The lowest BCUT2D eigenvalue weighted by molar-refractivity contribution is 0.174. The standard InChI is InChI=1S/C16H14N4O2S/c17-16(23)20-13(8-12(19-20)11-3-1-2-6-18-11)10-4-5-14-15(7-10)22-9-21-14/h1-7,13H,8-9H2,(H2,17,23). The number of rotatable bonds is 2. The van der Waals surface area contributed by atoms with Gasteiger partial charge in [0.15, 0.2) is 16.6 Å². The van der Waals surface area contributed by atoms with E-state index in [9.17, 15) is 0 Å². The lowest BCUT2D eigenvalue weighted by atomic mass is 10.00. The number of hydrazone groups is 1. The van der Waals surface area contributed by atoms with Crippen molar-refractivity contribution >= 4 is 23.0 Å². The zero-order valence-corrected chi connectivity index (χ0v) is 13.0. The Hall–Kier alpha value is -2.67. The van der Waals surface area contributed by atoms with Gasteiger partial charge in [-0.25, -0.2) is 5.01 Å². The molecule has 2 aromatic rings. The number of aromatic nitrogens is 1. The normalized spacial score (nSPS) is 18.9. The summed E-state index contributed by atoms with van der Waals surface area (Å²) in [6, 6.07) is 11.5. The lowest BCUT2D eigenvalue weighted by Gasteiger charge is -2.22. The first-order valence-corrected chi connectivity index (χ1v) is 7.60. The van der Waals surface area contributed by atoms with Crippen molar-refractivity contribution in [3.63, 3.8) is 0 Å². The first kappa shape index (κ1) is 14.0. The van der Waals surface area contributed by atoms with Crippen molar-refractivity contribution in [3.05, 3.63) is 53.9 Å². The Morgan fingerprint density at radius 2 is 2.09 bits per heavy atom. The minimum atomic E-state index is -0.0704. The van der Waals surface area contributed by atoms with E-state index in [0.29, 0.717) is 6.42 Å². The van der Waals surface area contributed by atoms with Gasteiger partial charge in [-0.15, -0.1) is 0 Å². The Morgan fingerprint density at radius 1 is 1.22 bits per heavy atom. The first-order valence-electron chi connectivity index (χ1n) is 7.19. The van der Waals surface area contributed by atoms with Gasteiger partial charge in [0.25, 0.3) is 0 Å². The quantitative estimate of drug-likeness (QED) is 0.853. The molecule has 116 valence electrons. The number of benzene rings is 1. The van der Waals surface area contributed by atoms with E-state index >= 15 is 0 Å². The molecule has 0 radical (unpaired) electrons. The summed E-state index contributed by atoms with van der Waals surface area (Å²) >= 11 is 5.15. The fraction of sp³-hybridized carbons (Fsp3) is 0.188. The van der Waals surface area contributed by atoms with E-state index in [-0.39, 0.29) is 17.9 Å². The fourth-order valence-corrected chi connectivity index (χ4v) is 2.95. The van der Waals surface area contributed by atoms with Gasteiger partial charge in [0, 0.05) is 12.6 Å². The number of nitrogens with two attached hydrogens (primary N) is 1. The highest BCUT2D eigenvalue weighted by Gasteiger charge is 2.32. The third kappa shape index (κ3) is 2.49. The molecule has 4 rings (SSSR count). The summed E-state index contributed by atoms with van der Waals surface area (Å²) in [6.07, 6.45) is 2.42. The zero-order chi connectivity index (χ0) is 15.8. The second kappa shape index (κ2) is 5.51. The highest BCUT2D eigenvalue weighted by Crippen LogP contribution is 2.38. The number of thiocarbonyl (C=S) groups is 1. The maximum atomic E-state index is 5.85. The number of hydrogen-bond acceptors (Lipinski definition) is 5. The molecule has 2 N–H and O–H groups in total. The molecule has 0 spiro atoms. The van der Waals surface area contributed by atoms with E-state index in [0.717, 1.165) is 28.5 Å². The molecular formula is C16H14N4O2S.